The Balaban J connectivity index is 1.49. The molecule has 29 heavy (non-hydrogen) atoms. The average molecular weight is 430 g/mol. The maximum absolute atomic E-state index is 12.3. The molecule has 7 nitrogen and oxygen atoms in total. The molecule has 9 heteroatoms. The van der Waals surface area contributed by atoms with Gasteiger partial charge in [-0.15, -0.1) is 5.10 Å². The molecular formula is C20H20ClN5O2S. The van der Waals surface area contributed by atoms with Crippen LogP contribution in [0.15, 0.2) is 53.7 Å². The number of thioether (sulfide) groups is 1. The van der Waals surface area contributed by atoms with E-state index >= 15 is 0 Å². The minimum absolute atomic E-state index is 0.0762. The van der Waals surface area contributed by atoms with Crippen molar-refractivity contribution in [3.8, 4) is 11.4 Å². The molecule has 0 aliphatic rings. The van der Waals surface area contributed by atoms with E-state index in [2.05, 4.69) is 20.5 Å². The number of benzene rings is 2. The van der Waals surface area contributed by atoms with Crippen molar-refractivity contribution >= 4 is 40.9 Å². The van der Waals surface area contributed by atoms with Crippen molar-refractivity contribution in [2.24, 2.45) is 0 Å². The predicted octanol–water partition coefficient (Wildman–Crippen LogP) is 3.62. The molecule has 0 radical (unpaired) electrons. The lowest BCUT2D eigenvalue weighted by molar-refractivity contribution is -0.131. The molecule has 3 rings (SSSR count). The zero-order valence-electron chi connectivity index (χ0n) is 16.0. The van der Waals surface area contributed by atoms with Crippen LogP contribution in [0.2, 0.25) is 5.02 Å². The lowest BCUT2D eigenvalue weighted by atomic mass is 10.1. The Hall–Kier alpha value is -2.84. The van der Waals surface area contributed by atoms with Gasteiger partial charge in [0.2, 0.25) is 17.0 Å². The number of rotatable bonds is 7. The van der Waals surface area contributed by atoms with E-state index in [-0.39, 0.29) is 24.1 Å². The van der Waals surface area contributed by atoms with Crippen molar-refractivity contribution in [3.63, 3.8) is 0 Å². The van der Waals surface area contributed by atoms with Gasteiger partial charge in [-0.3, -0.25) is 14.7 Å². The van der Waals surface area contributed by atoms with Crippen LogP contribution < -0.4 is 5.32 Å². The van der Waals surface area contributed by atoms with Crippen molar-refractivity contribution < 1.29 is 9.59 Å². The molecule has 0 fully saturated rings. The molecule has 0 saturated carbocycles. The largest absolute Gasteiger partial charge is 0.336 e. The van der Waals surface area contributed by atoms with E-state index in [9.17, 15) is 9.59 Å². The van der Waals surface area contributed by atoms with E-state index in [4.69, 9.17) is 11.6 Å². The second kappa shape index (κ2) is 9.58. The van der Waals surface area contributed by atoms with Gasteiger partial charge in [0.25, 0.3) is 0 Å². The summed E-state index contributed by atoms with van der Waals surface area (Å²) in [5, 5.41) is 10.6. The second-order valence-corrected chi connectivity index (χ2v) is 7.75. The van der Waals surface area contributed by atoms with Crippen LogP contribution >= 0.6 is 23.4 Å². The number of nitrogens with zero attached hydrogens (tertiary/aromatic N) is 3. The minimum atomic E-state index is -0.321. The fourth-order valence-corrected chi connectivity index (χ4v) is 3.37. The molecule has 0 unspecified atom stereocenters. The summed E-state index contributed by atoms with van der Waals surface area (Å²) in [6.45, 7) is 1.94. The number of aromatic amines is 1. The quantitative estimate of drug-likeness (QED) is 0.560. The summed E-state index contributed by atoms with van der Waals surface area (Å²) in [5.74, 6) is 0.248. The molecular weight excluding hydrogens is 410 g/mol. The lowest BCUT2D eigenvalue weighted by Crippen LogP contribution is -2.36. The number of amides is 2. The topological polar surface area (TPSA) is 91.0 Å². The highest BCUT2D eigenvalue weighted by Gasteiger charge is 2.15. The summed E-state index contributed by atoms with van der Waals surface area (Å²) in [6, 6.07) is 14.8. The van der Waals surface area contributed by atoms with E-state index < -0.39 is 0 Å². The summed E-state index contributed by atoms with van der Waals surface area (Å²) in [6.07, 6.45) is 0. The summed E-state index contributed by atoms with van der Waals surface area (Å²) >= 11 is 7.23. The minimum Gasteiger partial charge on any atom is -0.336 e. The van der Waals surface area contributed by atoms with Crippen molar-refractivity contribution in [2.75, 3.05) is 24.7 Å². The Morgan fingerprint density at radius 3 is 2.62 bits per heavy atom. The molecule has 2 aromatic carbocycles. The van der Waals surface area contributed by atoms with Gasteiger partial charge in [0, 0.05) is 12.6 Å². The normalized spacial score (nSPS) is 10.6. The van der Waals surface area contributed by atoms with E-state index in [0.29, 0.717) is 21.7 Å². The number of H-pyrrole nitrogens is 1. The molecule has 1 aromatic heterocycles. The van der Waals surface area contributed by atoms with Crippen LogP contribution in [0.3, 0.4) is 0 Å². The van der Waals surface area contributed by atoms with E-state index in [1.54, 1.807) is 31.3 Å². The predicted molar refractivity (Wildman–Crippen MR) is 115 cm³/mol. The first-order chi connectivity index (χ1) is 13.9. The third kappa shape index (κ3) is 5.82. The maximum atomic E-state index is 12.3. The van der Waals surface area contributed by atoms with Gasteiger partial charge in [-0.1, -0.05) is 65.3 Å². The number of carbonyl (C=O) groups is 2. The summed E-state index contributed by atoms with van der Waals surface area (Å²) in [5.41, 5.74) is 2.60. The van der Waals surface area contributed by atoms with Gasteiger partial charge in [-0.2, -0.15) is 0 Å². The molecule has 2 N–H and O–H groups in total. The first-order valence-corrected chi connectivity index (χ1v) is 10.2. The smallest absolute Gasteiger partial charge is 0.244 e. The third-order valence-corrected chi connectivity index (χ3v) is 5.23. The monoisotopic (exact) mass is 429 g/mol. The van der Waals surface area contributed by atoms with Gasteiger partial charge in [-0.05, 0) is 19.1 Å². The first-order valence-electron chi connectivity index (χ1n) is 8.83. The molecule has 0 bridgehead atoms. The van der Waals surface area contributed by atoms with Gasteiger partial charge >= 0.3 is 0 Å². The summed E-state index contributed by atoms with van der Waals surface area (Å²) in [7, 11) is 1.57. The molecule has 1 heterocycles. The third-order valence-electron chi connectivity index (χ3n) is 4.07. The highest BCUT2D eigenvalue weighted by atomic mass is 35.5. The fraction of sp³-hybridized carbons (Fsp3) is 0.200. The number of nitrogens with one attached hydrogen (secondary N) is 2. The van der Waals surface area contributed by atoms with Gasteiger partial charge in [0.1, 0.15) is 0 Å². The standard InChI is InChI=1S/C20H20ClN5O2S/c1-13-7-9-14(10-8-13)19-23-20(25-24-19)29-12-18(28)26(2)11-17(27)22-16-6-4-3-5-15(16)21/h3-10H,11-12H2,1-2H3,(H,22,27)(H,23,24,25). The van der Waals surface area contributed by atoms with Gasteiger partial charge < -0.3 is 10.2 Å². The molecule has 0 aliphatic carbocycles. The number of anilines is 1. The number of hydrogen-bond donors (Lipinski definition) is 2. The Morgan fingerprint density at radius 1 is 1.17 bits per heavy atom. The first kappa shape index (κ1) is 20.9. The average Bonchev–Trinajstić information content (AvgIpc) is 3.17. The zero-order chi connectivity index (χ0) is 20.8. The SMILES string of the molecule is Cc1ccc(-c2nc(SCC(=O)N(C)CC(=O)Nc3ccccc3Cl)n[nH]2)cc1. The van der Waals surface area contributed by atoms with E-state index in [1.807, 2.05) is 31.2 Å². The Bertz CT molecular complexity index is 1010. The molecule has 2 amide bonds. The number of carbonyl (C=O) groups excluding carboxylic acids is 2. The summed E-state index contributed by atoms with van der Waals surface area (Å²) < 4.78 is 0. The van der Waals surface area contributed by atoms with Gasteiger partial charge in [0.05, 0.1) is 23.0 Å². The van der Waals surface area contributed by atoms with Crippen molar-refractivity contribution in [1.29, 1.82) is 0 Å². The summed E-state index contributed by atoms with van der Waals surface area (Å²) in [4.78, 5) is 30.2. The molecule has 0 spiro atoms. The van der Waals surface area contributed by atoms with Crippen molar-refractivity contribution in [1.82, 2.24) is 20.1 Å². The van der Waals surface area contributed by atoms with Crippen LogP contribution in [-0.4, -0.2) is 51.2 Å². The number of likely N-dealkylation sites (N-methyl/N-ethyl adjacent to an activating group) is 1. The molecule has 0 atom stereocenters. The number of halogens is 1. The highest BCUT2D eigenvalue weighted by molar-refractivity contribution is 7.99. The molecule has 0 aliphatic heterocycles. The van der Waals surface area contributed by atoms with Crippen LogP contribution in [0.25, 0.3) is 11.4 Å². The highest BCUT2D eigenvalue weighted by Crippen LogP contribution is 2.21. The van der Waals surface area contributed by atoms with Gasteiger partial charge in [0.15, 0.2) is 5.82 Å². The Labute approximate surface area is 177 Å². The number of hydrogen-bond acceptors (Lipinski definition) is 5. The zero-order valence-corrected chi connectivity index (χ0v) is 17.5. The van der Waals surface area contributed by atoms with Crippen LogP contribution in [0, 0.1) is 6.92 Å². The molecule has 0 saturated heterocycles. The molecule has 3 aromatic rings. The maximum Gasteiger partial charge on any atom is 0.244 e. The van der Waals surface area contributed by atoms with Crippen LogP contribution in [-0.2, 0) is 9.59 Å². The second-order valence-electron chi connectivity index (χ2n) is 6.40. The van der Waals surface area contributed by atoms with Crippen LogP contribution in [0.1, 0.15) is 5.56 Å². The Morgan fingerprint density at radius 2 is 1.90 bits per heavy atom. The van der Waals surface area contributed by atoms with Crippen LogP contribution in [0.5, 0.6) is 0 Å². The van der Waals surface area contributed by atoms with Crippen molar-refractivity contribution in [2.45, 2.75) is 12.1 Å². The van der Waals surface area contributed by atoms with E-state index in [1.165, 1.54) is 16.7 Å². The Kier molecular flexibility index (Phi) is 6.90. The fourth-order valence-electron chi connectivity index (χ4n) is 2.44. The van der Waals surface area contributed by atoms with Crippen molar-refractivity contribution in [3.05, 3.63) is 59.1 Å². The molecule has 150 valence electrons. The lowest BCUT2D eigenvalue weighted by Gasteiger charge is -2.16. The number of aryl methyl sites for hydroxylation is 1. The van der Waals surface area contributed by atoms with E-state index in [0.717, 1.165) is 11.1 Å². The van der Waals surface area contributed by atoms with Gasteiger partial charge in [-0.25, -0.2) is 4.98 Å². The van der Waals surface area contributed by atoms with Crippen LogP contribution in [0.4, 0.5) is 5.69 Å². The number of para-hydroxylation sites is 1. The number of aromatic nitrogens is 3.